The smallest absolute Gasteiger partial charge is 0.374 e. The van der Waals surface area contributed by atoms with Crippen LogP contribution in [0.3, 0.4) is 0 Å². The van der Waals surface area contributed by atoms with Crippen LogP contribution in [0.2, 0.25) is 0 Å². The van der Waals surface area contributed by atoms with Crippen molar-refractivity contribution in [3.63, 3.8) is 0 Å². The first-order valence-corrected chi connectivity index (χ1v) is 21.1. The van der Waals surface area contributed by atoms with Gasteiger partial charge >= 0.3 is 17.9 Å². The lowest BCUT2D eigenvalue weighted by molar-refractivity contribution is 0.0722. The summed E-state index contributed by atoms with van der Waals surface area (Å²) in [5, 5.41) is 15.8. The highest BCUT2D eigenvalue weighted by Crippen LogP contribution is 2.27. The summed E-state index contributed by atoms with van der Waals surface area (Å²) < 4.78 is 49.6. The van der Waals surface area contributed by atoms with Gasteiger partial charge in [0.05, 0.1) is 32.5 Å². The molecule has 2 aromatic heterocycles. The molecule has 2 saturated heterocycles. The first-order valence-electron chi connectivity index (χ1n) is 19.5. The molecule has 16 nitrogen and oxygen atoms in total. The molecule has 4 aromatic carbocycles. The fraction of sp³-hybridized carbons (Fsp3) is 0.250. The van der Waals surface area contributed by atoms with Gasteiger partial charge in [-0.1, -0.05) is 41.4 Å². The number of carbonyl (C=O) groups excluding carboxylic acids is 3. The molecular weight excluding hydrogens is 841 g/mol. The third-order valence-corrected chi connectivity index (χ3v) is 10.8. The van der Waals surface area contributed by atoms with E-state index in [0.717, 1.165) is 48.5 Å². The molecule has 2 aliphatic heterocycles. The molecule has 0 spiro atoms. The zero-order valence-corrected chi connectivity index (χ0v) is 34.6. The molecule has 2 atom stereocenters. The Morgan fingerprint density at radius 3 is 1.34 bits per heavy atom. The summed E-state index contributed by atoms with van der Waals surface area (Å²) in [6, 6.07) is 27.5. The van der Waals surface area contributed by atoms with E-state index >= 15 is 0 Å². The fourth-order valence-electron chi connectivity index (χ4n) is 5.48. The number of rotatable bonds is 22. The van der Waals surface area contributed by atoms with Gasteiger partial charge in [0.25, 0.3) is 0 Å². The van der Waals surface area contributed by atoms with Gasteiger partial charge in [-0.3, -0.25) is 0 Å². The molecule has 2 fully saturated rings. The Balaban J connectivity index is 0.690. The summed E-state index contributed by atoms with van der Waals surface area (Å²) in [5.41, 5.74) is 1.20. The number of benzene rings is 4. The number of ether oxygens (including phenoxy) is 9. The molecule has 0 bridgehead atoms. The Morgan fingerprint density at radius 2 is 0.887 bits per heavy atom. The molecule has 0 aliphatic carbocycles. The van der Waals surface area contributed by atoms with Crippen LogP contribution in [0.5, 0.6) is 40.2 Å². The third-order valence-electron chi connectivity index (χ3n) is 8.95. The van der Waals surface area contributed by atoms with Gasteiger partial charge < -0.3 is 42.6 Å². The zero-order valence-electron chi connectivity index (χ0n) is 33.0. The maximum absolute atomic E-state index is 12.7. The summed E-state index contributed by atoms with van der Waals surface area (Å²) in [5.74, 6) is 1.42. The van der Waals surface area contributed by atoms with Gasteiger partial charge in [0.1, 0.15) is 53.0 Å². The van der Waals surface area contributed by atoms with Crippen LogP contribution in [-0.2, 0) is 15.9 Å². The second-order valence-corrected chi connectivity index (χ2v) is 15.7. The van der Waals surface area contributed by atoms with E-state index in [1.54, 1.807) is 72.8 Å². The molecule has 0 amide bonds. The average Bonchev–Trinajstić information content (AvgIpc) is 4.20. The largest absolute Gasteiger partial charge is 0.494 e. The highest BCUT2D eigenvalue weighted by molar-refractivity contribution is 7.15. The van der Waals surface area contributed by atoms with Crippen LogP contribution in [0.15, 0.2) is 104 Å². The summed E-state index contributed by atoms with van der Waals surface area (Å²) in [6.07, 6.45) is 3.90. The number of aromatic nitrogens is 4. The van der Waals surface area contributed by atoms with Crippen LogP contribution in [0.25, 0.3) is 5.76 Å². The SMILES string of the molecule is C=C(Oc1ccc(CCC2CO2)cc1)c1nnc(C(=O)Oc2ccc(OCCCCOc3ccc(OC(=O)c4nnc(C(=O)Oc5ccc(OCC6CO6)cc5)s4)cc3)cc2)s1. The Labute approximate surface area is 362 Å². The molecule has 4 heterocycles. The van der Waals surface area contributed by atoms with Crippen molar-refractivity contribution in [2.24, 2.45) is 0 Å². The first kappa shape index (κ1) is 42.0. The van der Waals surface area contributed by atoms with Crippen LogP contribution >= 0.6 is 22.7 Å². The van der Waals surface area contributed by atoms with Crippen molar-refractivity contribution in [2.45, 2.75) is 37.9 Å². The number of hydrogen-bond donors (Lipinski definition) is 0. The van der Waals surface area contributed by atoms with Gasteiger partial charge in [-0.2, -0.15) is 0 Å². The number of nitrogens with zero attached hydrogens (tertiary/aromatic N) is 4. The Kier molecular flexibility index (Phi) is 13.7. The minimum atomic E-state index is -0.767. The predicted molar refractivity (Wildman–Crippen MR) is 224 cm³/mol. The summed E-state index contributed by atoms with van der Waals surface area (Å²) in [4.78, 5) is 38.0. The first-order chi connectivity index (χ1) is 30.3. The number of epoxide rings is 2. The van der Waals surface area contributed by atoms with Crippen molar-refractivity contribution in [2.75, 3.05) is 33.0 Å². The van der Waals surface area contributed by atoms with Crippen molar-refractivity contribution >= 4 is 46.3 Å². The molecule has 318 valence electrons. The molecule has 6 aromatic rings. The summed E-state index contributed by atoms with van der Waals surface area (Å²) in [6.45, 7) is 6.82. The minimum absolute atomic E-state index is 0.0653. The van der Waals surface area contributed by atoms with Gasteiger partial charge in [-0.05, 0) is 116 Å². The van der Waals surface area contributed by atoms with Crippen LogP contribution < -0.4 is 33.2 Å². The van der Waals surface area contributed by atoms with Gasteiger partial charge in [0.15, 0.2) is 10.8 Å². The van der Waals surface area contributed by atoms with Crippen molar-refractivity contribution in [3.8, 4) is 40.2 Å². The highest BCUT2D eigenvalue weighted by Gasteiger charge is 2.24. The minimum Gasteiger partial charge on any atom is -0.494 e. The standard InChI is InChI=1S/C44H38N4O12S2/c1-27(57-32-7-4-28(5-8-32)6-9-36-24-55-36)38-45-46-39(61-38)42(49)58-33-16-10-29(11-17-33)52-22-2-3-23-53-30-12-18-34(19-13-30)59-43(50)40-47-48-41(62-40)44(51)60-35-20-14-31(15-21-35)54-25-37-26-56-37/h4-5,7-8,10-21,36-37H,1-3,6,9,22-26H2. The van der Waals surface area contributed by atoms with Crippen molar-refractivity contribution in [1.29, 1.82) is 0 Å². The molecule has 8 rings (SSSR count). The Morgan fingerprint density at radius 1 is 0.516 bits per heavy atom. The Hall–Kier alpha value is -6.73. The van der Waals surface area contributed by atoms with Gasteiger partial charge in [0.2, 0.25) is 15.0 Å². The molecule has 18 heteroatoms. The quantitative estimate of drug-likeness (QED) is 0.0215. The zero-order chi connectivity index (χ0) is 42.7. The van der Waals surface area contributed by atoms with E-state index in [9.17, 15) is 14.4 Å². The van der Waals surface area contributed by atoms with E-state index in [0.29, 0.717) is 72.7 Å². The monoisotopic (exact) mass is 878 g/mol. The summed E-state index contributed by atoms with van der Waals surface area (Å²) in [7, 11) is 0. The van der Waals surface area contributed by atoms with Crippen LogP contribution in [0, 0.1) is 0 Å². The van der Waals surface area contributed by atoms with E-state index in [4.69, 9.17) is 42.6 Å². The van der Waals surface area contributed by atoms with Crippen LogP contribution in [0.4, 0.5) is 0 Å². The number of esters is 3. The third kappa shape index (κ3) is 12.4. The lowest BCUT2D eigenvalue weighted by atomic mass is 10.1. The molecule has 62 heavy (non-hydrogen) atoms. The van der Waals surface area contributed by atoms with E-state index in [1.165, 1.54) is 5.56 Å². The van der Waals surface area contributed by atoms with Crippen LogP contribution in [-0.4, -0.2) is 83.5 Å². The predicted octanol–water partition coefficient (Wildman–Crippen LogP) is 7.44. The number of unbranched alkanes of at least 4 members (excludes halogenated alkanes) is 1. The second-order valence-electron chi connectivity index (χ2n) is 13.7. The van der Waals surface area contributed by atoms with Gasteiger partial charge in [-0.15, -0.1) is 20.4 Å². The molecule has 2 unspecified atom stereocenters. The van der Waals surface area contributed by atoms with Crippen molar-refractivity contribution < 1.29 is 57.0 Å². The van der Waals surface area contributed by atoms with E-state index in [2.05, 4.69) is 27.0 Å². The maximum Gasteiger partial charge on any atom is 0.374 e. The maximum atomic E-state index is 12.7. The van der Waals surface area contributed by atoms with Crippen molar-refractivity contribution in [3.05, 3.63) is 129 Å². The lowest BCUT2D eigenvalue weighted by Gasteiger charge is -2.09. The molecule has 0 saturated carbocycles. The molecular formula is C44H38N4O12S2. The number of carbonyl (C=O) groups is 3. The van der Waals surface area contributed by atoms with E-state index in [1.807, 2.05) is 24.3 Å². The average molecular weight is 879 g/mol. The fourth-order valence-corrected chi connectivity index (χ4v) is 6.70. The normalized spacial score (nSPS) is 14.9. The Bertz CT molecular complexity index is 2290. The summed E-state index contributed by atoms with van der Waals surface area (Å²) >= 11 is 1.79. The molecule has 0 radical (unpaired) electrons. The number of aryl methyl sites for hydroxylation is 1. The van der Waals surface area contributed by atoms with Gasteiger partial charge in [0, 0.05) is 0 Å². The van der Waals surface area contributed by atoms with Crippen LogP contribution in [0.1, 0.15) is 59.2 Å². The van der Waals surface area contributed by atoms with Gasteiger partial charge in [-0.25, -0.2) is 14.4 Å². The van der Waals surface area contributed by atoms with E-state index < -0.39 is 17.9 Å². The number of hydrogen-bond acceptors (Lipinski definition) is 18. The highest BCUT2D eigenvalue weighted by atomic mass is 32.1. The topological polar surface area (TPSA) is 192 Å². The lowest BCUT2D eigenvalue weighted by Crippen LogP contribution is -2.08. The molecule has 2 aliphatic rings. The second kappa shape index (κ2) is 20.2. The molecule has 0 N–H and O–H groups in total. The van der Waals surface area contributed by atoms with E-state index in [-0.39, 0.29) is 38.4 Å². The van der Waals surface area contributed by atoms with Crippen molar-refractivity contribution in [1.82, 2.24) is 20.4 Å².